The molecule has 0 aromatic heterocycles. The van der Waals surface area contributed by atoms with Gasteiger partial charge in [0.25, 0.3) is 0 Å². The van der Waals surface area contributed by atoms with E-state index < -0.39 is 5.97 Å². The van der Waals surface area contributed by atoms with Crippen LogP contribution in [-0.4, -0.2) is 59.6 Å². The Morgan fingerprint density at radius 2 is 1.71 bits per heavy atom. The van der Waals surface area contributed by atoms with Crippen molar-refractivity contribution in [3.05, 3.63) is 0 Å². The molecule has 122 valence electrons. The van der Waals surface area contributed by atoms with E-state index in [2.05, 4.69) is 16.8 Å². The molecule has 3 rings (SSSR count). The van der Waals surface area contributed by atoms with Crippen LogP contribution >= 0.6 is 12.4 Å². The van der Waals surface area contributed by atoms with Crippen LogP contribution in [0.4, 0.5) is 0 Å². The van der Waals surface area contributed by atoms with Gasteiger partial charge in [-0.3, -0.25) is 9.69 Å². The first-order chi connectivity index (χ1) is 9.66. The fourth-order valence-electron chi connectivity index (χ4n) is 4.80. The summed E-state index contributed by atoms with van der Waals surface area (Å²) >= 11 is 0. The third kappa shape index (κ3) is 3.54. The number of hydrogen-bond donors (Lipinski definition) is 1. The number of aliphatic carboxylic acids is 1. The summed E-state index contributed by atoms with van der Waals surface area (Å²) in [5.74, 6) is -0.148. The molecule has 0 amide bonds. The predicted octanol–water partition coefficient (Wildman–Crippen LogP) is 2.47. The topological polar surface area (TPSA) is 43.8 Å². The molecule has 4 unspecified atom stereocenters. The van der Waals surface area contributed by atoms with Crippen molar-refractivity contribution in [2.24, 2.45) is 11.8 Å². The normalized spacial score (nSPS) is 38.3. The van der Waals surface area contributed by atoms with E-state index >= 15 is 0 Å². The van der Waals surface area contributed by atoms with Gasteiger partial charge in [-0.1, -0.05) is 12.8 Å². The minimum Gasteiger partial charge on any atom is -0.481 e. The third-order valence-corrected chi connectivity index (χ3v) is 5.84. The van der Waals surface area contributed by atoms with Crippen LogP contribution in [0.1, 0.15) is 44.9 Å². The van der Waals surface area contributed by atoms with Gasteiger partial charge in [0.15, 0.2) is 0 Å². The molecular weight excluding hydrogens is 288 g/mol. The summed E-state index contributed by atoms with van der Waals surface area (Å²) in [5, 5.41) is 9.62. The largest absolute Gasteiger partial charge is 0.481 e. The first-order valence-electron chi connectivity index (χ1n) is 8.34. The molecular formula is C16H29ClN2O2. The molecule has 21 heavy (non-hydrogen) atoms. The lowest BCUT2D eigenvalue weighted by molar-refractivity contribution is -0.149. The molecule has 0 aromatic carbocycles. The maximum Gasteiger partial charge on any atom is 0.308 e. The molecule has 3 fully saturated rings. The monoisotopic (exact) mass is 316 g/mol. The van der Waals surface area contributed by atoms with Crippen LogP contribution in [0.3, 0.4) is 0 Å². The van der Waals surface area contributed by atoms with E-state index in [0.29, 0.717) is 18.0 Å². The van der Waals surface area contributed by atoms with E-state index in [1.165, 1.54) is 38.6 Å². The van der Waals surface area contributed by atoms with Gasteiger partial charge in [0, 0.05) is 18.6 Å². The average Bonchev–Trinajstić information content (AvgIpc) is 2.46. The molecule has 3 aliphatic rings. The van der Waals surface area contributed by atoms with Crippen LogP contribution < -0.4 is 0 Å². The number of carbonyl (C=O) groups is 1. The van der Waals surface area contributed by atoms with Crippen LogP contribution in [-0.2, 0) is 4.79 Å². The Labute approximate surface area is 134 Å². The summed E-state index contributed by atoms with van der Waals surface area (Å²) in [5.41, 5.74) is 0. The maximum absolute atomic E-state index is 11.7. The average molecular weight is 317 g/mol. The number of fused-ring (bicyclic) bond motifs is 1. The Hall–Kier alpha value is -0.320. The molecule has 4 atom stereocenters. The number of halogens is 1. The Kier molecular flexibility index (Phi) is 5.92. The van der Waals surface area contributed by atoms with Crippen LogP contribution in [0.25, 0.3) is 0 Å². The minimum atomic E-state index is -0.565. The van der Waals surface area contributed by atoms with E-state index in [4.69, 9.17) is 0 Å². The Balaban J connectivity index is 0.00000161. The van der Waals surface area contributed by atoms with Crippen molar-refractivity contribution in [3.8, 4) is 0 Å². The summed E-state index contributed by atoms with van der Waals surface area (Å²) in [7, 11) is 2.22. The number of rotatable bonds is 2. The van der Waals surface area contributed by atoms with E-state index in [9.17, 15) is 9.90 Å². The number of hydrogen-bond acceptors (Lipinski definition) is 3. The second-order valence-corrected chi connectivity index (χ2v) is 7.04. The molecule has 5 heteroatoms. The van der Waals surface area contributed by atoms with Gasteiger partial charge in [0.2, 0.25) is 0 Å². The molecule has 3 heterocycles. The van der Waals surface area contributed by atoms with Crippen LogP contribution in [0.15, 0.2) is 0 Å². The highest BCUT2D eigenvalue weighted by Crippen LogP contribution is 2.37. The number of carboxylic acids is 1. The molecule has 3 aliphatic heterocycles. The lowest BCUT2D eigenvalue weighted by Gasteiger charge is -2.49. The van der Waals surface area contributed by atoms with E-state index in [0.717, 1.165) is 25.9 Å². The minimum absolute atomic E-state index is 0. The summed E-state index contributed by atoms with van der Waals surface area (Å²) in [6.07, 6.45) is 8.30. The summed E-state index contributed by atoms with van der Waals surface area (Å²) in [6, 6.07) is 0.917. The van der Waals surface area contributed by atoms with Crippen molar-refractivity contribution in [2.45, 2.75) is 57.0 Å². The molecule has 0 spiro atoms. The van der Waals surface area contributed by atoms with Gasteiger partial charge in [-0.2, -0.15) is 0 Å². The van der Waals surface area contributed by atoms with Crippen molar-refractivity contribution in [1.82, 2.24) is 9.80 Å². The molecule has 0 radical (unpaired) electrons. The van der Waals surface area contributed by atoms with Crippen LogP contribution in [0.2, 0.25) is 0 Å². The second-order valence-electron chi connectivity index (χ2n) is 7.04. The number of carboxylic acid groups (broad SMARTS) is 1. The fourth-order valence-corrected chi connectivity index (χ4v) is 4.80. The summed E-state index contributed by atoms with van der Waals surface area (Å²) in [4.78, 5) is 16.7. The molecule has 3 saturated heterocycles. The van der Waals surface area contributed by atoms with Gasteiger partial charge in [-0.15, -0.1) is 12.4 Å². The zero-order valence-corrected chi connectivity index (χ0v) is 13.9. The van der Waals surface area contributed by atoms with E-state index in [1.807, 2.05) is 0 Å². The Bertz CT molecular complexity index is 366. The van der Waals surface area contributed by atoms with Crippen molar-refractivity contribution >= 4 is 18.4 Å². The molecule has 0 aromatic rings. The number of likely N-dealkylation sites (tertiary alicyclic amines) is 1. The quantitative estimate of drug-likeness (QED) is 0.850. The van der Waals surface area contributed by atoms with Gasteiger partial charge < -0.3 is 10.0 Å². The third-order valence-electron chi connectivity index (χ3n) is 5.84. The first kappa shape index (κ1) is 17.0. The van der Waals surface area contributed by atoms with Crippen molar-refractivity contribution in [1.29, 1.82) is 0 Å². The molecule has 0 bridgehead atoms. The maximum atomic E-state index is 11.7. The lowest BCUT2D eigenvalue weighted by Crippen LogP contribution is -2.57. The fraction of sp³-hybridized carbons (Fsp3) is 0.938. The van der Waals surface area contributed by atoms with Crippen LogP contribution in [0.5, 0.6) is 0 Å². The van der Waals surface area contributed by atoms with Gasteiger partial charge in [-0.05, 0) is 58.2 Å². The van der Waals surface area contributed by atoms with Gasteiger partial charge in [-0.25, -0.2) is 0 Å². The van der Waals surface area contributed by atoms with Crippen molar-refractivity contribution < 1.29 is 9.90 Å². The zero-order chi connectivity index (χ0) is 14.1. The van der Waals surface area contributed by atoms with Gasteiger partial charge in [0.05, 0.1) is 5.92 Å². The molecule has 0 saturated carbocycles. The predicted molar refractivity (Wildman–Crippen MR) is 86.0 cm³/mol. The SMILES string of the molecule is CN1CCCCC1C1CC(C(=O)O)C2CCCCN2C1.Cl. The number of piperidine rings is 3. The molecule has 4 nitrogen and oxygen atoms in total. The van der Waals surface area contributed by atoms with Crippen molar-refractivity contribution in [2.75, 3.05) is 26.7 Å². The first-order valence-corrected chi connectivity index (χ1v) is 8.34. The van der Waals surface area contributed by atoms with Crippen LogP contribution in [0, 0.1) is 11.8 Å². The standard InChI is InChI=1S/C16H28N2O2.ClH/c1-17-8-4-2-6-14(17)12-10-13(16(19)20)15-7-3-5-9-18(15)11-12;/h12-15H,2-11H2,1H3,(H,19,20);1H. The van der Waals surface area contributed by atoms with Gasteiger partial charge >= 0.3 is 5.97 Å². The molecule has 0 aliphatic carbocycles. The summed E-state index contributed by atoms with van der Waals surface area (Å²) < 4.78 is 0. The zero-order valence-electron chi connectivity index (χ0n) is 13.0. The lowest BCUT2D eigenvalue weighted by atomic mass is 9.75. The van der Waals surface area contributed by atoms with Crippen molar-refractivity contribution in [3.63, 3.8) is 0 Å². The number of nitrogens with zero attached hydrogens (tertiary/aromatic N) is 2. The molecule has 1 N–H and O–H groups in total. The highest BCUT2D eigenvalue weighted by atomic mass is 35.5. The Morgan fingerprint density at radius 3 is 2.38 bits per heavy atom. The second kappa shape index (κ2) is 7.30. The summed E-state index contributed by atoms with van der Waals surface area (Å²) in [6.45, 7) is 3.42. The van der Waals surface area contributed by atoms with E-state index in [-0.39, 0.29) is 18.3 Å². The van der Waals surface area contributed by atoms with Gasteiger partial charge in [0.1, 0.15) is 0 Å². The smallest absolute Gasteiger partial charge is 0.308 e. The Morgan fingerprint density at radius 1 is 1.05 bits per heavy atom. The van der Waals surface area contributed by atoms with E-state index in [1.54, 1.807) is 0 Å². The highest BCUT2D eigenvalue weighted by molar-refractivity contribution is 5.85. The highest BCUT2D eigenvalue weighted by Gasteiger charge is 2.43.